The van der Waals surface area contributed by atoms with Gasteiger partial charge in [-0.05, 0) is 18.6 Å². The summed E-state index contributed by atoms with van der Waals surface area (Å²) >= 11 is 0. The molecule has 0 spiro atoms. The fourth-order valence-corrected chi connectivity index (χ4v) is 1.82. The van der Waals surface area contributed by atoms with Crippen molar-refractivity contribution < 1.29 is 19.1 Å². The van der Waals surface area contributed by atoms with Crippen LogP contribution in [0.1, 0.15) is 18.2 Å². The summed E-state index contributed by atoms with van der Waals surface area (Å²) in [5.41, 5.74) is 1.50. The van der Waals surface area contributed by atoms with Crippen LogP contribution >= 0.6 is 0 Å². The largest absolute Gasteiger partial charge is 0.473 e. The van der Waals surface area contributed by atoms with Crippen LogP contribution in [-0.4, -0.2) is 23.3 Å². The van der Waals surface area contributed by atoms with Crippen molar-refractivity contribution in [3.05, 3.63) is 59.8 Å². The number of hydrogen-bond donors (Lipinski definition) is 0. The third kappa shape index (κ3) is 4.70. The Kier molecular flexibility index (Phi) is 5.65. The zero-order valence-corrected chi connectivity index (χ0v) is 12.3. The van der Waals surface area contributed by atoms with Gasteiger partial charge in [-0.2, -0.15) is 0 Å². The number of pyridine rings is 1. The first-order valence-electron chi connectivity index (χ1n) is 7.01. The number of Topliss-reactive ketones (excluding diaryl/α,β-unsaturated/α-hetero) is 1. The molecule has 1 heterocycles. The standard InChI is InChI=1S/C17H17NO4/c1-2-21-17(20)15(19)11-14-9-6-10-16(18-14)22-12-13-7-4-3-5-8-13/h3-10H,2,11-12H2,1H3. The SMILES string of the molecule is CCOC(=O)C(=O)Cc1cccc(OCc2ccccc2)n1. The molecule has 0 saturated heterocycles. The quantitative estimate of drug-likeness (QED) is 0.580. The summed E-state index contributed by atoms with van der Waals surface area (Å²) in [6.07, 6.45) is -0.0959. The molecule has 0 unspecified atom stereocenters. The van der Waals surface area contributed by atoms with E-state index in [2.05, 4.69) is 9.72 Å². The normalized spacial score (nSPS) is 10.0. The Balaban J connectivity index is 1.95. The fraction of sp³-hybridized carbons (Fsp3) is 0.235. The second-order valence-electron chi connectivity index (χ2n) is 4.56. The third-order valence-corrected chi connectivity index (χ3v) is 2.86. The Morgan fingerprint density at radius 2 is 1.82 bits per heavy atom. The summed E-state index contributed by atoms with van der Waals surface area (Å²) in [6.45, 7) is 2.23. The maximum atomic E-state index is 11.6. The lowest BCUT2D eigenvalue weighted by Crippen LogP contribution is -2.19. The van der Waals surface area contributed by atoms with Crippen LogP contribution in [0.3, 0.4) is 0 Å². The van der Waals surface area contributed by atoms with Gasteiger partial charge in [0.1, 0.15) is 6.61 Å². The van der Waals surface area contributed by atoms with E-state index < -0.39 is 11.8 Å². The van der Waals surface area contributed by atoms with Crippen LogP contribution in [-0.2, 0) is 27.4 Å². The molecule has 5 heteroatoms. The molecule has 0 saturated carbocycles. The summed E-state index contributed by atoms with van der Waals surface area (Å²) in [6, 6.07) is 14.8. The second kappa shape index (κ2) is 7.93. The highest BCUT2D eigenvalue weighted by atomic mass is 16.5. The maximum absolute atomic E-state index is 11.6. The van der Waals surface area contributed by atoms with Crippen LogP contribution in [0.5, 0.6) is 5.88 Å². The van der Waals surface area contributed by atoms with Crippen molar-refractivity contribution in [1.82, 2.24) is 4.98 Å². The predicted molar refractivity (Wildman–Crippen MR) is 80.4 cm³/mol. The molecular weight excluding hydrogens is 282 g/mol. The molecule has 114 valence electrons. The van der Waals surface area contributed by atoms with Crippen molar-refractivity contribution in [2.24, 2.45) is 0 Å². The number of aromatic nitrogens is 1. The van der Waals surface area contributed by atoms with E-state index in [1.54, 1.807) is 25.1 Å². The predicted octanol–water partition coefficient (Wildman–Crippen LogP) is 2.34. The van der Waals surface area contributed by atoms with Gasteiger partial charge in [0.15, 0.2) is 0 Å². The molecule has 2 rings (SSSR count). The van der Waals surface area contributed by atoms with Gasteiger partial charge in [0.05, 0.1) is 18.7 Å². The first kappa shape index (κ1) is 15.7. The van der Waals surface area contributed by atoms with Crippen LogP contribution in [0.2, 0.25) is 0 Å². The number of ketones is 1. The first-order chi connectivity index (χ1) is 10.7. The molecule has 5 nitrogen and oxygen atoms in total. The van der Waals surface area contributed by atoms with E-state index in [1.807, 2.05) is 30.3 Å². The van der Waals surface area contributed by atoms with Crippen LogP contribution in [0.25, 0.3) is 0 Å². The fourth-order valence-electron chi connectivity index (χ4n) is 1.82. The van der Waals surface area contributed by atoms with Gasteiger partial charge in [0, 0.05) is 6.07 Å². The number of hydrogen-bond acceptors (Lipinski definition) is 5. The van der Waals surface area contributed by atoms with E-state index in [-0.39, 0.29) is 13.0 Å². The average Bonchev–Trinajstić information content (AvgIpc) is 2.54. The van der Waals surface area contributed by atoms with E-state index in [0.717, 1.165) is 5.56 Å². The van der Waals surface area contributed by atoms with Gasteiger partial charge in [-0.25, -0.2) is 9.78 Å². The zero-order chi connectivity index (χ0) is 15.8. The van der Waals surface area contributed by atoms with Crippen LogP contribution in [0.4, 0.5) is 0 Å². The first-order valence-corrected chi connectivity index (χ1v) is 7.01. The van der Waals surface area contributed by atoms with E-state index in [1.165, 1.54) is 0 Å². The molecule has 0 amide bonds. The summed E-state index contributed by atoms with van der Waals surface area (Å²) < 4.78 is 10.2. The number of ether oxygens (including phenoxy) is 2. The number of rotatable bonds is 7. The van der Waals surface area contributed by atoms with Gasteiger partial charge < -0.3 is 9.47 Å². The molecule has 0 N–H and O–H groups in total. The Morgan fingerprint density at radius 1 is 1.05 bits per heavy atom. The molecule has 0 aliphatic heterocycles. The Hall–Kier alpha value is -2.69. The summed E-state index contributed by atoms with van der Waals surface area (Å²) in [5.74, 6) is -1.03. The monoisotopic (exact) mass is 299 g/mol. The molecule has 0 bridgehead atoms. The van der Waals surface area contributed by atoms with Crippen molar-refractivity contribution in [3.8, 4) is 5.88 Å². The molecule has 0 atom stereocenters. The number of carbonyl (C=O) groups excluding carboxylic acids is 2. The van der Waals surface area contributed by atoms with E-state index in [9.17, 15) is 9.59 Å². The van der Waals surface area contributed by atoms with Crippen LogP contribution < -0.4 is 4.74 Å². The van der Waals surface area contributed by atoms with Gasteiger partial charge in [0.25, 0.3) is 0 Å². The van der Waals surface area contributed by atoms with Gasteiger partial charge in [-0.1, -0.05) is 36.4 Å². The summed E-state index contributed by atoms with van der Waals surface area (Å²) in [4.78, 5) is 27.2. The van der Waals surface area contributed by atoms with Crippen molar-refractivity contribution >= 4 is 11.8 Å². The number of nitrogens with zero attached hydrogens (tertiary/aromatic N) is 1. The Labute approximate surface area is 128 Å². The molecule has 0 fully saturated rings. The lowest BCUT2D eigenvalue weighted by molar-refractivity contribution is -0.153. The molecular formula is C17H17NO4. The number of esters is 1. The Morgan fingerprint density at radius 3 is 2.55 bits per heavy atom. The molecule has 2 aromatic rings. The molecule has 1 aromatic heterocycles. The van der Waals surface area contributed by atoms with Gasteiger partial charge >= 0.3 is 5.97 Å². The van der Waals surface area contributed by atoms with Gasteiger partial charge in [0.2, 0.25) is 11.7 Å². The highest BCUT2D eigenvalue weighted by molar-refractivity contribution is 6.34. The molecule has 0 radical (unpaired) electrons. The molecule has 1 aromatic carbocycles. The van der Waals surface area contributed by atoms with Crippen molar-refractivity contribution in [3.63, 3.8) is 0 Å². The van der Waals surface area contributed by atoms with Crippen molar-refractivity contribution in [2.75, 3.05) is 6.61 Å². The molecule has 0 aliphatic carbocycles. The minimum absolute atomic E-state index is 0.0959. The second-order valence-corrected chi connectivity index (χ2v) is 4.56. The highest BCUT2D eigenvalue weighted by Gasteiger charge is 2.16. The van der Waals surface area contributed by atoms with Gasteiger partial charge in [-0.3, -0.25) is 4.79 Å². The molecule has 0 aliphatic rings. The van der Waals surface area contributed by atoms with Crippen LogP contribution in [0.15, 0.2) is 48.5 Å². The van der Waals surface area contributed by atoms with Crippen molar-refractivity contribution in [2.45, 2.75) is 20.0 Å². The average molecular weight is 299 g/mol. The smallest absolute Gasteiger partial charge is 0.375 e. The number of carbonyl (C=O) groups is 2. The minimum Gasteiger partial charge on any atom is -0.473 e. The lowest BCUT2D eigenvalue weighted by atomic mass is 10.2. The van der Waals surface area contributed by atoms with Gasteiger partial charge in [-0.15, -0.1) is 0 Å². The van der Waals surface area contributed by atoms with E-state index in [4.69, 9.17) is 4.74 Å². The minimum atomic E-state index is -0.833. The van der Waals surface area contributed by atoms with E-state index in [0.29, 0.717) is 18.2 Å². The Bertz CT molecular complexity index is 640. The lowest BCUT2D eigenvalue weighted by Gasteiger charge is -2.07. The summed E-state index contributed by atoms with van der Waals surface area (Å²) in [5, 5.41) is 0. The third-order valence-electron chi connectivity index (χ3n) is 2.86. The molecule has 22 heavy (non-hydrogen) atoms. The van der Waals surface area contributed by atoms with Crippen LogP contribution in [0, 0.1) is 0 Å². The topological polar surface area (TPSA) is 65.5 Å². The zero-order valence-electron chi connectivity index (χ0n) is 12.3. The van der Waals surface area contributed by atoms with E-state index >= 15 is 0 Å². The van der Waals surface area contributed by atoms with Crippen molar-refractivity contribution in [1.29, 1.82) is 0 Å². The summed E-state index contributed by atoms with van der Waals surface area (Å²) in [7, 11) is 0. The highest BCUT2D eigenvalue weighted by Crippen LogP contribution is 2.11. The number of benzene rings is 1. The maximum Gasteiger partial charge on any atom is 0.375 e.